The number of amides is 2. The van der Waals surface area contributed by atoms with Crippen molar-refractivity contribution >= 4 is 28.8 Å². The van der Waals surface area contributed by atoms with Gasteiger partial charge in [-0.2, -0.15) is 0 Å². The van der Waals surface area contributed by atoms with Gasteiger partial charge in [0.1, 0.15) is 12.2 Å². The van der Waals surface area contributed by atoms with E-state index in [1.807, 2.05) is 13.0 Å². The van der Waals surface area contributed by atoms with Gasteiger partial charge in [-0.05, 0) is 43.2 Å². The number of aryl methyl sites for hydroxylation is 1. The van der Waals surface area contributed by atoms with Crippen LogP contribution in [0.2, 0.25) is 0 Å². The Morgan fingerprint density at radius 1 is 1.00 bits per heavy atom. The zero-order valence-corrected chi connectivity index (χ0v) is 17.7. The van der Waals surface area contributed by atoms with E-state index in [9.17, 15) is 19.2 Å². The van der Waals surface area contributed by atoms with Gasteiger partial charge in [0, 0.05) is 37.3 Å². The average molecular weight is 435 g/mol. The van der Waals surface area contributed by atoms with E-state index in [1.165, 1.54) is 24.3 Å². The molecule has 0 fully saturated rings. The molecular weight excluding hydrogens is 414 g/mol. The van der Waals surface area contributed by atoms with Gasteiger partial charge in [-0.1, -0.05) is 12.1 Å². The zero-order valence-electron chi connectivity index (χ0n) is 17.7. The normalized spacial score (nSPS) is 13.0. The van der Waals surface area contributed by atoms with Crippen molar-refractivity contribution in [3.8, 4) is 0 Å². The number of fused-ring (bicyclic) bond motifs is 2. The topological polar surface area (TPSA) is 103 Å². The fraction of sp³-hybridized carbons (Fsp3) is 0.250. The fourth-order valence-electron chi connectivity index (χ4n) is 3.67. The third-order valence-electron chi connectivity index (χ3n) is 5.28. The highest BCUT2D eigenvalue weighted by Crippen LogP contribution is 2.25. The minimum atomic E-state index is -0.667. The summed E-state index contributed by atoms with van der Waals surface area (Å²) in [5.74, 6) is -1.50. The van der Waals surface area contributed by atoms with Crippen molar-refractivity contribution in [1.82, 2.24) is 4.90 Å². The molecule has 0 unspecified atom stereocenters. The minimum absolute atomic E-state index is 0.142. The first-order chi connectivity index (χ1) is 15.4. The number of carbonyl (C=O) groups excluding carboxylic acids is 3. The zero-order chi connectivity index (χ0) is 22.8. The summed E-state index contributed by atoms with van der Waals surface area (Å²) < 4.78 is 15.6. The second-order valence-electron chi connectivity index (χ2n) is 7.54. The smallest absolute Gasteiger partial charge is 0.338 e. The first-order valence-corrected chi connectivity index (χ1v) is 10.1. The lowest BCUT2D eigenvalue weighted by Crippen LogP contribution is -2.31. The highest BCUT2D eigenvalue weighted by Gasteiger charge is 2.35. The molecule has 3 aromatic rings. The molecule has 8 nitrogen and oxygen atoms in total. The van der Waals surface area contributed by atoms with Crippen molar-refractivity contribution in [3.05, 3.63) is 80.7 Å². The van der Waals surface area contributed by atoms with E-state index in [-0.39, 0.29) is 29.8 Å². The SMILES string of the molecule is COCCCN1C(=O)c2ccc(C(=O)OCc3cc(=O)oc4cc(C)ccc34)cc2C1=O. The van der Waals surface area contributed by atoms with Crippen molar-refractivity contribution in [2.75, 3.05) is 20.3 Å². The lowest BCUT2D eigenvalue weighted by atomic mass is 10.1. The highest BCUT2D eigenvalue weighted by atomic mass is 16.5. The number of ether oxygens (including phenoxy) is 2. The second kappa shape index (κ2) is 8.76. The molecule has 0 saturated carbocycles. The molecule has 0 atom stereocenters. The second-order valence-corrected chi connectivity index (χ2v) is 7.54. The van der Waals surface area contributed by atoms with Crippen LogP contribution in [-0.2, 0) is 16.1 Å². The number of carbonyl (C=O) groups is 3. The predicted octanol–water partition coefficient (Wildman–Crippen LogP) is 3.09. The Balaban J connectivity index is 1.52. The molecule has 164 valence electrons. The number of nitrogens with zero attached hydrogens (tertiary/aromatic N) is 1. The summed E-state index contributed by atoms with van der Waals surface area (Å²) in [7, 11) is 1.55. The van der Waals surface area contributed by atoms with Crippen molar-refractivity contribution in [2.24, 2.45) is 0 Å². The molecule has 32 heavy (non-hydrogen) atoms. The number of hydrogen-bond acceptors (Lipinski definition) is 7. The van der Waals surface area contributed by atoms with Gasteiger partial charge in [0.25, 0.3) is 11.8 Å². The molecule has 0 radical (unpaired) electrons. The van der Waals surface area contributed by atoms with Crippen LogP contribution >= 0.6 is 0 Å². The quantitative estimate of drug-likeness (QED) is 0.243. The molecule has 0 saturated heterocycles. The Morgan fingerprint density at radius 2 is 1.78 bits per heavy atom. The summed E-state index contributed by atoms with van der Waals surface area (Å²) in [5.41, 5.74) is 1.90. The molecule has 1 aromatic heterocycles. The monoisotopic (exact) mass is 435 g/mol. The standard InChI is InChI=1S/C24H21NO7/c1-14-4-6-17-16(12-21(26)32-20(17)10-14)13-31-24(29)15-5-7-18-19(11-15)23(28)25(22(18)27)8-3-9-30-2/h4-7,10-12H,3,8-9,13H2,1-2H3. The predicted molar refractivity (Wildman–Crippen MR) is 115 cm³/mol. The van der Waals surface area contributed by atoms with Crippen LogP contribution in [0.3, 0.4) is 0 Å². The molecule has 2 amide bonds. The molecule has 1 aliphatic rings. The maximum absolute atomic E-state index is 12.6. The van der Waals surface area contributed by atoms with Crippen LogP contribution in [0.4, 0.5) is 0 Å². The van der Waals surface area contributed by atoms with Gasteiger partial charge in [0.2, 0.25) is 0 Å². The van der Waals surface area contributed by atoms with E-state index >= 15 is 0 Å². The van der Waals surface area contributed by atoms with Crippen LogP contribution in [0.15, 0.2) is 51.7 Å². The number of esters is 1. The molecule has 0 bridgehead atoms. The van der Waals surface area contributed by atoms with Crippen LogP contribution in [0.25, 0.3) is 11.0 Å². The Kier molecular flexibility index (Phi) is 5.87. The lowest BCUT2D eigenvalue weighted by molar-refractivity contribution is 0.0473. The lowest BCUT2D eigenvalue weighted by Gasteiger charge is -2.12. The summed E-state index contributed by atoms with van der Waals surface area (Å²) in [6.45, 7) is 2.40. The summed E-state index contributed by atoms with van der Waals surface area (Å²) in [5, 5.41) is 0.671. The van der Waals surface area contributed by atoms with Crippen LogP contribution in [-0.4, -0.2) is 42.9 Å². The number of rotatable bonds is 7. The van der Waals surface area contributed by atoms with Crippen LogP contribution < -0.4 is 5.63 Å². The van der Waals surface area contributed by atoms with Crippen molar-refractivity contribution < 1.29 is 28.3 Å². The average Bonchev–Trinajstić information content (AvgIpc) is 3.01. The summed E-state index contributed by atoms with van der Waals surface area (Å²) in [6, 6.07) is 11.0. The van der Waals surface area contributed by atoms with Crippen molar-refractivity contribution in [2.45, 2.75) is 20.0 Å². The molecular formula is C24H21NO7. The van der Waals surface area contributed by atoms with Gasteiger partial charge in [0.15, 0.2) is 0 Å². The van der Waals surface area contributed by atoms with Gasteiger partial charge in [-0.25, -0.2) is 9.59 Å². The highest BCUT2D eigenvalue weighted by molar-refractivity contribution is 6.21. The maximum atomic E-state index is 12.6. The minimum Gasteiger partial charge on any atom is -0.457 e. The van der Waals surface area contributed by atoms with E-state index < -0.39 is 23.4 Å². The molecule has 0 aliphatic carbocycles. The fourth-order valence-corrected chi connectivity index (χ4v) is 3.67. The number of hydrogen-bond donors (Lipinski definition) is 0. The Morgan fingerprint density at radius 3 is 2.56 bits per heavy atom. The van der Waals surface area contributed by atoms with Gasteiger partial charge in [0.05, 0.1) is 16.7 Å². The Labute approximate surface area is 183 Å². The molecule has 0 N–H and O–H groups in total. The summed E-state index contributed by atoms with van der Waals surface area (Å²) in [6.07, 6.45) is 0.523. The molecule has 2 heterocycles. The molecule has 0 spiro atoms. The van der Waals surface area contributed by atoms with E-state index in [0.29, 0.717) is 29.6 Å². The van der Waals surface area contributed by atoms with E-state index in [0.717, 1.165) is 10.5 Å². The Hall–Kier alpha value is -3.78. The number of methoxy groups -OCH3 is 1. The van der Waals surface area contributed by atoms with Crippen molar-refractivity contribution in [3.63, 3.8) is 0 Å². The summed E-state index contributed by atoms with van der Waals surface area (Å²) >= 11 is 0. The van der Waals surface area contributed by atoms with Crippen LogP contribution in [0, 0.1) is 6.92 Å². The molecule has 8 heteroatoms. The summed E-state index contributed by atoms with van der Waals surface area (Å²) in [4.78, 5) is 50.8. The first kappa shape index (κ1) is 21.5. The van der Waals surface area contributed by atoms with E-state index in [4.69, 9.17) is 13.9 Å². The third-order valence-corrected chi connectivity index (χ3v) is 5.28. The van der Waals surface area contributed by atoms with Crippen LogP contribution in [0.1, 0.15) is 48.6 Å². The van der Waals surface area contributed by atoms with Crippen molar-refractivity contribution in [1.29, 1.82) is 0 Å². The first-order valence-electron chi connectivity index (χ1n) is 10.1. The molecule has 1 aliphatic heterocycles. The van der Waals surface area contributed by atoms with Gasteiger partial charge >= 0.3 is 11.6 Å². The van der Waals surface area contributed by atoms with E-state index in [2.05, 4.69) is 0 Å². The molecule has 2 aromatic carbocycles. The molecule has 4 rings (SSSR count). The maximum Gasteiger partial charge on any atom is 0.338 e. The Bertz CT molecular complexity index is 1290. The van der Waals surface area contributed by atoms with Crippen LogP contribution in [0.5, 0.6) is 0 Å². The number of benzene rings is 2. The van der Waals surface area contributed by atoms with Gasteiger partial charge in [-0.3, -0.25) is 14.5 Å². The van der Waals surface area contributed by atoms with Gasteiger partial charge < -0.3 is 13.9 Å². The van der Waals surface area contributed by atoms with E-state index in [1.54, 1.807) is 19.2 Å². The third kappa shape index (κ3) is 4.04. The van der Waals surface area contributed by atoms with Gasteiger partial charge in [-0.15, -0.1) is 0 Å². The number of imide groups is 1. The largest absolute Gasteiger partial charge is 0.457 e.